The molecule has 0 aromatic carbocycles. The smallest absolute Gasteiger partial charge is 0.212 e. The molecule has 1 saturated heterocycles. The Kier molecular flexibility index (Phi) is 3.95. The summed E-state index contributed by atoms with van der Waals surface area (Å²) in [6, 6.07) is 5.28. The van der Waals surface area contributed by atoms with Crippen molar-refractivity contribution < 1.29 is 13.9 Å². The normalized spacial score (nSPS) is 15.0. The van der Waals surface area contributed by atoms with Crippen molar-refractivity contribution in [3.63, 3.8) is 0 Å². The van der Waals surface area contributed by atoms with Crippen molar-refractivity contribution in [2.75, 3.05) is 38.3 Å². The highest BCUT2D eigenvalue weighted by Crippen LogP contribution is 2.34. The molecule has 0 saturated carbocycles. The molecule has 1 aliphatic rings. The van der Waals surface area contributed by atoms with Gasteiger partial charge in [0.25, 0.3) is 0 Å². The van der Waals surface area contributed by atoms with Crippen molar-refractivity contribution in [2.24, 2.45) is 0 Å². The standard InChI is InChI=1S/C17H16N2O4S/c1-21-14-3-2-11(9-18-14)12-10-24-17-13(20)8-15(23-16(12)17)19-4-6-22-7-5-19/h2-3,8-10H,4-7H2,1H3. The molecule has 0 amide bonds. The number of anilines is 1. The molecule has 4 rings (SSSR count). The van der Waals surface area contributed by atoms with Crippen LogP contribution in [0.4, 0.5) is 5.88 Å². The van der Waals surface area contributed by atoms with Gasteiger partial charge in [-0.2, -0.15) is 0 Å². The molecular weight excluding hydrogens is 328 g/mol. The van der Waals surface area contributed by atoms with Crippen molar-refractivity contribution in [2.45, 2.75) is 0 Å². The van der Waals surface area contributed by atoms with Gasteiger partial charge < -0.3 is 18.8 Å². The first-order valence-corrected chi connectivity index (χ1v) is 8.52. The van der Waals surface area contributed by atoms with Crippen LogP contribution in [-0.2, 0) is 4.74 Å². The van der Waals surface area contributed by atoms with Crippen molar-refractivity contribution in [1.29, 1.82) is 0 Å². The number of aromatic nitrogens is 1. The summed E-state index contributed by atoms with van der Waals surface area (Å²) in [6.07, 6.45) is 1.72. The second kappa shape index (κ2) is 6.26. The summed E-state index contributed by atoms with van der Waals surface area (Å²) >= 11 is 1.39. The highest BCUT2D eigenvalue weighted by Gasteiger charge is 2.18. The fourth-order valence-electron chi connectivity index (χ4n) is 2.73. The molecule has 1 aliphatic heterocycles. The first kappa shape index (κ1) is 15.2. The molecule has 4 heterocycles. The molecule has 24 heavy (non-hydrogen) atoms. The average Bonchev–Trinajstić information content (AvgIpc) is 3.07. The molecular formula is C17H16N2O4S. The molecule has 0 spiro atoms. The summed E-state index contributed by atoms with van der Waals surface area (Å²) in [5.74, 6) is 1.14. The quantitative estimate of drug-likeness (QED) is 0.728. The lowest BCUT2D eigenvalue weighted by atomic mass is 10.1. The minimum absolute atomic E-state index is 0.0181. The average molecular weight is 344 g/mol. The van der Waals surface area contributed by atoms with E-state index in [1.807, 2.05) is 16.3 Å². The summed E-state index contributed by atoms with van der Waals surface area (Å²) < 4.78 is 17.2. The fourth-order valence-corrected chi connectivity index (χ4v) is 3.64. The van der Waals surface area contributed by atoms with Crippen LogP contribution in [0.25, 0.3) is 21.4 Å². The molecule has 0 radical (unpaired) electrons. The Morgan fingerprint density at radius 3 is 2.83 bits per heavy atom. The number of fused-ring (bicyclic) bond motifs is 1. The molecule has 1 fully saturated rings. The Balaban J connectivity index is 1.81. The number of ether oxygens (including phenoxy) is 2. The van der Waals surface area contributed by atoms with E-state index in [4.69, 9.17) is 13.9 Å². The molecule has 0 atom stereocenters. The van der Waals surface area contributed by atoms with Crippen LogP contribution in [0.3, 0.4) is 0 Å². The maximum Gasteiger partial charge on any atom is 0.212 e. The van der Waals surface area contributed by atoms with Gasteiger partial charge in [-0.15, -0.1) is 11.3 Å². The number of hydrogen-bond acceptors (Lipinski definition) is 7. The molecule has 7 heteroatoms. The van der Waals surface area contributed by atoms with E-state index in [0.717, 1.165) is 24.2 Å². The van der Waals surface area contributed by atoms with Crippen LogP contribution in [0.5, 0.6) is 5.88 Å². The minimum atomic E-state index is -0.0181. The SMILES string of the molecule is COc1ccc(-c2csc3c(=O)cc(N4CCOCC4)oc23)cn1. The van der Waals surface area contributed by atoms with Crippen LogP contribution in [0.15, 0.2) is 39.0 Å². The van der Waals surface area contributed by atoms with E-state index in [9.17, 15) is 4.79 Å². The summed E-state index contributed by atoms with van der Waals surface area (Å²) in [5.41, 5.74) is 2.36. The molecule has 3 aromatic heterocycles. The van der Waals surface area contributed by atoms with Crippen molar-refractivity contribution in [3.05, 3.63) is 40.0 Å². The van der Waals surface area contributed by atoms with Crippen LogP contribution < -0.4 is 15.1 Å². The van der Waals surface area contributed by atoms with E-state index < -0.39 is 0 Å². The first-order chi connectivity index (χ1) is 11.8. The maximum atomic E-state index is 12.4. The molecule has 0 aliphatic carbocycles. The summed E-state index contributed by atoms with van der Waals surface area (Å²) in [6.45, 7) is 2.72. The van der Waals surface area contributed by atoms with E-state index in [2.05, 4.69) is 4.98 Å². The Bertz CT molecular complexity index is 910. The number of thiophene rings is 1. The zero-order valence-corrected chi connectivity index (χ0v) is 14.0. The minimum Gasteiger partial charge on any atom is -0.481 e. The lowest BCUT2D eigenvalue weighted by Crippen LogP contribution is -2.36. The fraction of sp³-hybridized carbons (Fsp3) is 0.294. The second-order valence-corrected chi connectivity index (χ2v) is 6.32. The van der Waals surface area contributed by atoms with Crippen molar-refractivity contribution in [1.82, 2.24) is 4.98 Å². The Morgan fingerprint density at radius 1 is 1.29 bits per heavy atom. The van der Waals surface area contributed by atoms with Gasteiger partial charge >= 0.3 is 0 Å². The van der Waals surface area contributed by atoms with Gasteiger partial charge in [-0.3, -0.25) is 4.79 Å². The zero-order valence-electron chi connectivity index (χ0n) is 13.2. The third-order valence-electron chi connectivity index (χ3n) is 4.01. The van der Waals surface area contributed by atoms with Gasteiger partial charge in [0.05, 0.1) is 20.3 Å². The number of morpholine rings is 1. The molecule has 0 bridgehead atoms. The Morgan fingerprint density at radius 2 is 2.12 bits per heavy atom. The van der Waals surface area contributed by atoms with Crippen LogP contribution in [-0.4, -0.2) is 38.4 Å². The van der Waals surface area contributed by atoms with Crippen molar-refractivity contribution in [3.8, 4) is 17.0 Å². The number of hydrogen-bond donors (Lipinski definition) is 0. The van der Waals surface area contributed by atoms with Crippen molar-refractivity contribution >= 4 is 27.5 Å². The second-order valence-electron chi connectivity index (χ2n) is 5.45. The van der Waals surface area contributed by atoms with Gasteiger partial charge in [0.1, 0.15) is 4.70 Å². The van der Waals surface area contributed by atoms with E-state index in [1.54, 1.807) is 25.4 Å². The third kappa shape index (κ3) is 2.65. The molecule has 6 nitrogen and oxygen atoms in total. The first-order valence-electron chi connectivity index (χ1n) is 7.65. The van der Waals surface area contributed by atoms with Gasteiger partial charge in [0.15, 0.2) is 11.5 Å². The van der Waals surface area contributed by atoms with Gasteiger partial charge in [-0.1, -0.05) is 0 Å². The Hall–Kier alpha value is -2.38. The predicted molar refractivity (Wildman–Crippen MR) is 93.2 cm³/mol. The highest BCUT2D eigenvalue weighted by atomic mass is 32.1. The van der Waals surface area contributed by atoms with Gasteiger partial charge in [0, 0.05) is 47.9 Å². The van der Waals surface area contributed by atoms with Gasteiger partial charge in [-0.25, -0.2) is 4.98 Å². The summed E-state index contributed by atoms with van der Waals surface area (Å²) in [4.78, 5) is 18.7. The third-order valence-corrected chi connectivity index (χ3v) is 4.99. The van der Waals surface area contributed by atoms with E-state index in [0.29, 0.717) is 35.3 Å². The van der Waals surface area contributed by atoms with Gasteiger partial charge in [-0.05, 0) is 6.07 Å². The zero-order chi connectivity index (χ0) is 16.5. The Labute approximate surface area is 142 Å². The van der Waals surface area contributed by atoms with Gasteiger partial charge in [0.2, 0.25) is 11.3 Å². The highest BCUT2D eigenvalue weighted by molar-refractivity contribution is 7.17. The number of methoxy groups -OCH3 is 1. The predicted octanol–water partition coefficient (Wildman–Crippen LogP) is 2.76. The number of pyridine rings is 1. The summed E-state index contributed by atoms with van der Waals surface area (Å²) in [7, 11) is 1.58. The molecule has 0 N–H and O–H groups in total. The largest absolute Gasteiger partial charge is 0.481 e. The molecule has 0 unspecified atom stereocenters. The van der Waals surface area contributed by atoms with Crippen LogP contribution in [0, 0.1) is 0 Å². The van der Waals surface area contributed by atoms with E-state index >= 15 is 0 Å². The van der Waals surface area contributed by atoms with Crippen LogP contribution >= 0.6 is 11.3 Å². The van der Waals surface area contributed by atoms with E-state index in [-0.39, 0.29) is 5.43 Å². The maximum absolute atomic E-state index is 12.4. The topological polar surface area (TPSA) is 64.8 Å². The lowest BCUT2D eigenvalue weighted by Gasteiger charge is -2.27. The monoisotopic (exact) mass is 344 g/mol. The number of nitrogens with zero attached hydrogens (tertiary/aromatic N) is 2. The lowest BCUT2D eigenvalue weighted by molar-refractivity contribution is 0.121. The number of rotatable bonds is 3. The van der Waals surface area contributed by atoms with Crippen LogP contribution in [0.1, 0.15) is 0 Å². The molecule has 3 aromatic rings. The van der Waals surface area contributed by atoms with Crippen LogP contribution in [0.2, 0.25) is 0 Å². The summed E-state index contributed by atoms with van der Waals surface area (Å²) in [5, 5.41) is 1.93. The molecule has 124 valence electrons. The van der Waals surface area contributed by atoms with E-state index in [1.165, 1.54) is 11.3 Å².